The van der Waals surface area contributed by atoms with Gasteiger partial charge < -0.3 is 19.4 Å². The minimum atomic E-state index is -0.0829. The predicted molar refractivity (Wildman–Crippen MR) is 79.3 cm³/mol. The molecule has 0 amide bonds. The second kappa shape index (κ2) is 6.41. The molecule has 1 fully saturated rings. The van der Waals surface area contributed by atoms with Crippen LogP contribution >= 0.6 is 0 Å². The molecule has 1 aliphatic rings. The number of anilines is 1. The number of nitrogens with zero attached hydrogens (tertiary/aromatic N) is 1. The fourth-order valence-electron chi connectivity index (χ4n) is 2.57. The number of hydrogen-bond acceptors (Lipinski definition) is 4. The summed E-state index contributed by atoms with van der Waals surface area (Å²) in [5.41, 5.74) is 0.892. The lowest BCUT2D eigenvalue weighted by Gasteiger charge is -2.36. The lowest BCUT2D eigenvalue weighted by Crippen LogP contribution is -2.40. The summed E-state index contributed by atoms with van der Waals surface area (Å²) in [7, 11) is 1.64. The topological polar surface area (TPSA) is 52.5 Å². The van der Waals surface area contributed by atoms with Gasteiger partial charge in [-0.25, -0.2) is 0 Å². The van der Waals surface area contributed by atoms with E-state index in [1.807, 2.05) is 12.3 Å². The van der Waals surface area contributed by atoms with Gasteiger partial charge in [0.2, 0.25) is 0 Å². The monoisotopic (exact) mass is 280 g/mol. The van der Waals surface area contributed by atoms with Gasteiger partial charge in [-0.1, -0.05) is 0 Å². The second-order valence-corrected chi connectivity index (χ2v) is 5.88. The van der Waals surface area contributed by atoms with Gasteiger partial charge in [-0.05, 0) is 32.8 Å². The molecule has 1 saturated heterocycles. The highest BCUT2D eigenvalue weighted by Gasteiger charge is 2.28. The van der Waals surface area contributed by atoms with Crippen LogP contribution in [0.3, 0.4) is 0 Å². The van der Waals surface area contributed by atoms with Crippen molar-refractivity contribution in [2.45, 2.75) is 44.9 Å². The van der Waals surface area contributed by atoms with Gasteiger partial charge in [0.1, 0.15) is 0 Å². The van der Waals surface area contributed by atoms with E-state index in [1.54, 1.807) is 17.7 Å². The number of pyridine rings is 1. The van der Waals surface area contributed by atoms with Gasteiger partial charge >= 0.3 is 0 Å². The fraction of sp³-hybridized carbons (Fsp3) is 0.667. The Bertz CT molecular complexity index is 496. The van der Waals surface area contributed by atoms with E-state index in [9.17, 15) is 4.79 Å². The summed E-state index contributed by atoms with van der Waals surface area (Å²) < 4.78 is 12.4. The smallest absolute Gasteiger partial charge is 0.250 e. The maximum Gasteiger partial charge on any atom is 0.250 e. The first-order valence-corrected chi connectivity index (χ1v) is 7.10. The minimum absolute atomic E-state index is 0.0000858. The van der Waals surface area contributed by atoms with Crippen LogP contribution in [0.25, 0.3) is 0 Å². The zero-order chi connectivity index (χ0) is 14.6. The van der Waals surface area contributed by atoms with E-state index in [0.717, 1.165) is 25.1 Å². The molecule has 1 aromatic rings. The van der Waals surface area contributed by atoms with Crippen molar-refractivity contribution in [1.82, 2.24) is 4.57 Å². The summed E-state index contributed by atoms with van der Waals surface area (Å²) in [6.45, 7) is 6.10. The summed E-state index contributed by atoms with van der Waals surface area (Å²) in [6.07, 6.45) is 3.81. The molecule has 0 bridgehead atoms. The highest BCUT2D eigenvalue weighted by atomic mass is 16.5. The van der Waals surface area contributed by atoms with E-state index < -0.39 is 0 Å². The maximum atomic E-state index is 11.7. The summed E-state index contributed by atoms with van der Waals surface area (Å²) >= 11 is 0. The van der Waals surface area contributed by atoms with E-state index in [0.29, 0.717) is 19.2 Å². The van der Waals surface area contributed by atoms with Gasteiger partial charge in [0.25, 0.3) is 5.56 Å². The van der Waals surface area contributed by atoms with Crippen molar-refractivity contribution in [1.29, 1.82) is 0 Å². The van der Waals surface area contributed by atoms with Crippen molar-refractivity contribution in [3.05, 3.63) is 28.7 Å². The first kappa shape index (κ1) is 15.1. The molecule has 1 N–H and O–H groups in total. The van der Waals surface area contributed by atoms with Crippen LogP contribution < -0.4 is 10.9 Å². The molecular weight excluding hydrogens is 256 g/mol. The van der Waals surface area contributed by atoms with Gasteiger partial charge in [0.05, 0.1) is 17.9 Å². The van der Waals surface area contributed by atoms with E-state index in [-0.39, 0.29) is 11.2 Å². The van der Waals surface area contributed by atoms with Crippen LogP contribution in [0.15, 0.2) is 23.1 Å². The molecule has 2 rings (SSSR count). The Balaban J connectivity index is 2.04. The molecule has 0 aliphatic carbocycles. The van der Waals surface area contributed by atoms with Gasteiger partial charge in [0.15, 0.2) is 0 Å². The normalized spacial score (nSPS) is 21.6. The van der Waals surface area contributed by atoms with Crippen LogP contribution in [0, 0.1) is 0 Å². The first-order valence-electron chi connectivity index (χ1n) is 7.10. The van der Waals surface area contributed by atoms with E-state index >= 15 is 0 Å². The lowest BCUT2D eigenvalue weighted by atomic mass is 9.94. The van der Waals surface area contributed by atoms with Gasteiger partial charge in [-0.3, -0.25) is 4.79 Å². The van der Waals surface area contributed by atoms with E-state index in [1.165, 1.54) is 0 Å². The van der Waals surface area contributed by atoms with Crippen LogP contribution in [0.4, 0.5) is 5.69 Å². The number of rotatable bonds is 5. The molecule has 1 aromatic heterocycles. The highest BCUT2D eigenvalue weighted by molar-refractivity contribution is 5.41. The molecule has 1 unspecified atom stereocenters. The number of methoxy groups -OCH3 is 1. The Kier molecular flexibility index (Phi) is 4.83. The van der Waals surface area contributed by atoms with Crippen LogP contribution in [0.5, 0.6) is 0 Å². The van der Waals surface area contributed by atoms with Gasteiger partial charge in [0, 0.05) is 38.6 Å². The van der Waals surface area contributed by atoms with Crippen molar-refractivity contribution >= 4 is 5.69 Å². The summed E-state index contributed by atoms with van der Waals surface area (Å²) in [5.74, 6) is 0. The molecule has 20 heavy (non-hydrogen) atoms. The number of nitrogens with one attached hydrogen (secondary N) is 1. The average Bonchev–Trinajstić information content (AvgIpc) is 2.38. The summed E-state index contributed by atoms with van der Waals surface area (Å²) in [6, 6.07) is 3.82. The first-order chi connectivity index (χ1) is 9.50. The summed E-state index contributed by atoms with van der Waals surface area (Å²) in [5, 5.41) is 3.50. The van der Waals surface area contributed by atoms with Crippen molar-refractivity contribution in [3.8, 4) is 0 Å². The fourth-order valence-corrected chi connectivity index (χ4v) is 2.57. The number of hydrogen-bond donors (Lipinski definition) is 1. The summed E-state index contributed by atoms with van der Waals surface area (Å²) in [4.78, 5) is 11.7. The molecule has 0 saturated carbocycles. The Labute approximate surface area is 119 Å². The van der Waals surface area contributed by atoms with Gasteiger partial charge in [-0.2, -0.15) is 0 Å². The quantitative estimate of drug-likeness (QED) is 0.894. The maximum absolute atomic E-state index is 11.7. The average molecular weight is 280 g/mol. The third-order valence-electron chi connectivity index (χ3n) is 3.59. The third-order valence-corrected chi connectivity index (χ3v) is 3.59. The SMILES string of the molecule is COCCn1cc(NC2CCOC(C)(C)C2)ccc1=O. The van der Waals surface area contributed by atoms with Gasteiger partial charge in [-0.15, -0.1) is 0 Å². The largest absolute Gasteiger partial charge is 0.383 e. The molecular formula is C15H24N2O3. The standard InChI is InChI=1S/C15H24N2O3/c1-15(2)10-12(6-8-20-15)16-13-4-5-14(18)17(11-13)7-9-19-3/h4-5,11-12,16H,6-10H2,1-3H3. The van der Waals surface area contributed by atoms with E-state index in [4.69, 9.17) is 9.47 Å². The van der Waals surface area contributed by atoms with Crippen LogP contribution in [0.2, 0.25) is 0 Å². The van der Waals surface area contributed by atoms with Crippen LogP contribution in [-0.2, 0) is 16.0 Å². The molecule has 5 nitrogen and oxygen atoms in total. The predicted octanol–water partition coefficient (Wildman–Crippen LogP) is 1.86. The highest BCUT2D eigenvalue weighted by Crippen LogP contribution is 2.26. The molecule has 0 radical (unpaired) electrons. The Morgan fingerprint density at radius 2 is 2.30 bits per heavy atom. The molecule has 5 heteroatoms. The molecule has 112 valence electrons. The second-order valence-electron chi connectivity index (χ2n) is 5.88. The third kappa shape index (κ3) is 4.08. The Hall–Kier alpha value is -1.33. The molecule has 1 aliphatic heterocycles. The number of ether oxygens (including phenoxy) is 2. The minimum Gasteiger partial charge on any atom is -0.383 e. The van der Waals surface area contributed by atoms with E-state index in [2.05, 4.69) is 19.2 Å². The van der Waals surface area contributed by atoms with Crippen molar-refractivity contribution in [2.75, 3.05) is 25.6 Å². The Morgan fingerprint density at radius 3 is 3.00 bits per heavy atom. The van der Waals surface area contributed by atoms with Crippen LogP contribution in [0.1, 0.15) is 26.7 Å². The molecule has 0 spiro atoms. The molecule has 0 aromatic carbocycles. The Morgan fingerprint density at radius 1 is 1.50 bits per heavy atom. The molecule has 1 atom stereocenters. The van der Waals surface area contributed by atoms with Crippen LogP contribution in [-0.4, -0.2) is 36.5 Å². The molecule has 2 heterocycles. The van der Waals surface area contributed by atoms with Crippen molar-refractivity contribution in [3.63, 3.8) is 0 Å². The number of aromatic nitrogens is 1. The lowest BCUT2D eigenvalue weighted by molar-refractivity contribution is -0.0553. The zero-order valence-electron chi connectivity index (χ0n) is 12.5. The zero-order valence-corrected chi connectivity index (χ0v) is 12.5. The van der Waals surface area contributed by atoms with Crippen molar-refractivity contribution in [2.24, 2.45) is 0 Å². The van der Waals surface area contributed by atoms with Crippen molar-refractivity contribution < 1.29 is 9.47 Å².